The molecule has 0 spiro atoms. The van der Waals surface area contributed by atoms with Gasteiger partial charge in [-0.25, -0.2) is 9.97 Å². The lowest BCUT2D eigenvalue weighted by atomic mass is 10.0. The Morgan fingerprint density at radius 2 is 1.65 bits per heavy atom. The van der Waals surface area contributed by atoms with Crippen LogP contribution in [0.25, 0.3) is 11.3 Å². The van der Waals surface area contributed by atoms with Crippen LogP contribution in [0.2, 0.25) is 0 Å². The molecule has 2 aliphatic rings. The molecule has 3 heterocycles. The lowest BCUT2D eigenvalue weighted by Crippen LogP contribution is -2.59. The number of benzene rings is 2. The predicted molar refractivity (Wildman–Crippen MR) is 176 cm³/mol. The fraction of sp³-hybridized carbons (Fsp3) is 0.400. The number of amides is 5. The number of aromatic nitrogens is 2. The van der Waals surface area contributed by atoms with E-state index in [-0.39, 0.29) is 44.1 Å². The van der Waals surface area contributed by atoms with Crippen LogP contribution in [0.15, 0.2) is 66.9 Å². The van der Waals surface area contributed by atoms with Crippen molar-refractivity contribution in [2.24, 2.45) is 5.92 Å². The van der Waals surface area contributed by atoms with E-state index in [0.717, 1.165) is 11.1 Å². The third-order valence-electron chi connectivity index (χ3n) is 8.36. The molecule has 5 amide bonds. The third-order valence-corrected chi connectivity index (χ3v) is 8.36. The van der Waals surface area contributed by atoms with Crippen LogP contribution in [0.3, 0.4) is 0 Å². The van der Waals surface area contributed by atoms with Crippen molar-refractivity contribution in [1.29, 1.82) is 0 Å². The van der Waals surface area contributed by atoms with Crippen LogP contribution in [-0.4, -0.2) is 107 Å². The fourth-order valence-electron chi connectivity index (χ4n) is 5.83. The Labute approximate surface area is 279 Å². The molecule has 252 valence electrons. The molecule has 48 heavy (non-hydrogen) atoms. The van der Waals surface area contributed by atoms with E-state index < -0.39 is 53.8 Å². The Kier molecular flexibility index (Phi) is 10.8. The Balaban J connectivity index is 1.49. The average Bonchev–Trinajstić information content (AvgIpc) is 3.08. The first kappa shape index (κ1) is 34.2. The van der Waals surface area contributed by atoms with Gasteiger partial charge in [-0.1, -0.05) is 74.5 Å². The number of ether oxygens (including phenoxy) is 1. The number of fused-ring (bicyclic) bond motifs is 2. The molecule has 0 saturated carbocycles. The van der Waals surface area contributed by atoms with Gasteiger partial charge in [-0.05, 0) is 18.4 Å². The van der Waals surface area contributed by atoms with Crippen LogP contribution >= 0.6 is 0 Å². The van der Waals surface area contributed by atoms with Gasteiger partial charge in [-0.15, -0.1) is 0 Å². The summed E-state index contributed by atoms with van der Waals surface area (Å²) < 4.78 is 6.19. The van der Waals surface area contributed by atoms with Crippen LogP contribution in [-0.2, 0) is 30.3 Å². The standard InChI is InChI=1S/C35H41N7O6/c1-21(2)30-33(45)37-16-25-18-42(34(46)26-17-36-22(3)38-31(26)24-13-9-6-10-14-24)19-28(48-25)32(44)39-27(15-23-11-7-5-8-12-23)35(47)41(4)20-29(43)40-30/h5-14,17,21,25,27-28,30H,15-16,18-20H2,1-4H3,(H,37,45)(H,39,44)(H,40,43)/t25-,27+,28+,30-/m0/s1. The maximum atomic E-state index is 14.2. The number of likely N-dealkylation sites (N-methyl/N-ethyl adjacent to an activating group) is 1. The topological polar surface area (TPSA) is 163 Å². The third kappa shape index (κ3) is 8.21. The first-order valence-corrected chi connectivity index (χ1v) is 16.0. The summed E-state index contributed by atoms with van der Waals surface area (Å²) in [6, 6.07) is 16.5. The van der Waals surface area contributed by atoms with Crippen molar-refractivity contribution in [3.63, 3.8) is 0 Å². The van der Waals surface area contributed by atoms with Crippen molar-refractivity contribution in [2.75, 3.05) is 33.2 Å². The molecule has 3 aromatic rings. The van der Waals surface area contributed by atoms with E-state index in [1.807, 2.05) is 60.7 Å². The van der Waals surface area contributed by atoms with Gasteiger partial charge in [0.15, 0.2) is 6.10 Å². The van der Waals surface area contributed by atoms with Gasteiger partial charge in [0.1, 0.15) is 17.9 Å². The summed E-state index contributed by atoms with van der Waals surface area (Å²) in [5.41, 5.74) is 2.24. The number of rotatable bonds is 5. The number of nitrogens with one attached hydrogen (secondary N) is 3. The summed E-state index contributed by atoms with van der Waals surface area (Å²) >= 11 is 0. The number of hydrogen-bond acceptors (Lipinski definition) is 8. The van der Waals surface area contributed by atoms with Gasteiger partial charge < -0.3 is 30.5 Å². The van der Waals surface area contributed by atoms with Gasteiger partial charge in [-0.3, -0.25) is 24.0 Å². The quantitative estimate of drug-likeness (QED) is 0.368. The van der Waals surface area contributed by atoms with Crippen molar-refractivity contribution in [2.45, 2.75) is 51.5 Å². The summed E-state index contributed by atoms with van der Waals surface area (Å²) in [7, 11) is 1.47. The van der Waals surface area contributed by atoms with E-state index in [4.69, 9.17) is 4.74 Å². The smallest absolute Gasteiger partial charge is 0.257 e. The van der Waals surface area contributed by atoms with E-state index >= 15 is 0 Å². The minimum absolute atomic E-state index is 0.0340. The summed E-state index contributed by atoms with van der Waals surface area (Å²) in [6.45, 7) is 4.92. The van der Waals surface area contributed by atoms with E-state index in [1.165, 1.54) is 23.0 Å². The van der Waals surface area contributed by atoms with Crippen molar-refractivity contribution >= 4 is 29.5 Å². The van der Waals surface area contributed by atoms with Crippen LogP contribution < -0.4 is 16.0 Å². The highest BCUT2D eigenvalue weighted by molar-refractivity contribution is 6.00. The SMILES string of the molecule is Cc1ncc(C(=O)N2C[C@@H]3CNC(=O)[C@H](C(C)C)NC(=O)CN(C)C(=O)[C@@H](Cc4ccccc4)NC(=O)[C@@H](C2)O3)c(-c2ccccc2)n1. The Hall–Kier alpha value is -5.17. The van der Waals surface area contributed by atoms with Crippen LogP contribution in [0.1, 0.15) is 35.6 Å². The normalized spacial score (nSPS) is 22.7. The predicted octanol–water partition coefficient (Wildman–Crippen LogP) is 1.12. The van der Waals surface area contributed by atoms with Crippen molar-refractivity contribution in [1.82, 2.24) is 35.7 Å². The molecule has 0 radical (unpaired) electrons. The van der Waals surface area contributed by atoms with Crippen LogP contribution in [0.5, 0.6) is 0 Å². The lowest BCUT2D eigenvalue weighted by Gasteiger charge is -2.38. The molecular weight excluding hydrogens is 614 g/mol. The van der Waals surface area contributed by atoms with E-state index in [1.54, 1.807) is 20.8 Å². The molecule has 2 fully saturated rings. The maximum absolute atomic E-state index is 14.2. The zero-order valence-electron chi connectivity index (χ0n) is 27.5. The zero-order valence-corrected chi connectivity index (χ0v) is 27.5. The van der Waals surface area contributed by atoms with Gasteiger partial charge in [-0.2, -0.15) is 0 Å². The molecule has 2 aliphatic heterocycles. The molecule has 0 aliphatic carbocycles. The molecule has 13 heteroatoms. The largest absolute Gasteiger partial charge is 0.360 e. The summed E-state index contributed by atoms with van der Waals surface area (Å²) in [5, 5.41) is 8.39. The number of morpholine rings is 1. The highest BCUT2D eigenvalue weighted by Crippen LogP contribution is 2.24. The zero-order chi connectivity index (χ0) is 34.4. The van der Waals surface area contributed by atoms with E-state index in [9.17, 15) is 24.0 Å². The van der Waals surface area contributed by atoms with E-state index in [2.05, 4.69) is 25.9 Å². The number of aryl methyl sites for hydroxylation is 1. The first-order chi connectivity index (χ1) is 23.0. The summed E-state index contributed by atoms with van der Waals surface area (Å²) in [6.07, 6.45) is -0.317. The van der Waals surface area contributed by atoms with Gasteiger partial charge in [0.25, 0.3) is 11.8 Å². The minimum atomic E-state index is -1.17. The summed E-state index contributed by atoms with van der Waals surface area (Å²) in [4.78, 5) is 79.6. The van der Waals surface area contributed by atoms with Gasteiger partial charge in [0, 0.05) is 38.3 Å². The number of hydrogen-bond donors (Lipinski definition) is 3. The molecule has 2 aromatic carbocycles. The number of nitrogens with zero attached hydrogens (tertiary/aromatic N) is 4. The van der Waals surface area contributed by atoms with Crippen molar-refractivity contribution in [3.05, 3.63) is 83.8 Å². The molecule has 0 unspecified atom stereocenters. The second-order valence-electron chi connectivity index (χ2n) is 12.5. The Bertz CT molecular complexity index is 1650. The van der Waals surface area contributed by atoms with E-state index in [0.29, 0.717) is 11.5 Å². The van der Waals surface area contributed by atoms with Crippen molar-refractivity contribution in [3.8, 4) is 11.3 Å². The van der Waals surface area contributed by atoms with Crippen molar-refractivity contribution < 1.29 is 28.7 Å². The number of carbonyl (C=O) groups excluding carboxylic acids is 5. The molecule has 4 atom stereocenters. The van der Waals surface area contributed by atoms with Crippen LogP contribution in [0.4, 0.5) is 0 Å². The van der Waals surface area contributed by atoms with Gasteiger partial charge in [0.05, 0.1) is 30.5 Å². The molecular formula is C35H41N7O6. The monoisotopic (exact) mass is 655 g/mol. The maximum Gasteiger partial charge on any atom is 0.257 e. The second kappa shape index (κ2) is 15.2. The average molecular weight is 656 g/mol. The second-order valence-corrected chi connectivity index (χ2v) is 12.5. The Morgan fingerprint density at radius 3 is 2.33 bits per heavy atom. The molecule has 3 N–H and O–H groups in total. The highest BCUT2D eigenvalue weighted by Gasteiger charge is 2.39. The summed E-state index contributed by atoms with van der Waals surface area (Å²) in [5.74, 6) is -2.24. The highest BCUT2D eigenvalue weighted by atomic mass is 16.5. The molecule has 1 aromatic heterocycles. The van der Waals surface area contributed by atoms with Crippen LogP contribution in [0, 0.1) is 12.8 Å². The first-order valence-electron chi connectivity index (χ1n) is 16.0. The van der Waals surface area contributed by atoms with Gasteiger partial charge in [0.2, 0.25) is 17.7 Å². The minimum Gasteiger partial charge on any atom is -0.360 e. The Morgan fingerprint density at radius 1 is 0.958 bits per heavy atom. The number of carbonyl (C=O) groups is 5. The molecule has 13 nitrogen and oxygen atoms in total. The van der Waals surface area contributed by atoms with Gasteiger partial charge >= 0.3 is 0 Å². The molecule has 5 rings (SSSR count). The fourth-order valence-corrected chi connectivity index (χ4v) is 5.83. The molecule has 2 bridgehead atoms. The molecule has 2 saturated heterocycles. The lowest BCUT2D eigenvalue weighted by molar-refractivity contribution is -0.148.